The van der Waals surface area contributed by atoms with Crippen LogP contribution >= 0.6 is 0 Å². The molecule has 1 N–H and O–H groups in total. The van der Waals surface area contributed by atoms with Gasteiger partial charge in [0.05, 0.1) is 18.6 Å². The minimum atomic E-state index is -4.74. The first-order valence-corrected chi connectivity index (χ1v) is 8.98. The minimum absolute atomic E-state index is 0. The molecule has 131 valence electrons. The van der Waals surface area contributed by atoms with Crippen molar-refractivity contribution in [2.24, 2.45) is 0 Å². The largest absolute Gasteiger partial charge is 0.463 e. The normalized spacial score (nSPS) is 15.0. The number of rotatable bonds is 10. The fourth-order valence-corrected chi connectivity index (χ4v) is 2.58. The van der Waals surface area contributed by atoms with Crippen molar-refractivity contribution >= 4 is 51.6 Å². The summed E-state index contributed by atoms with van der Waals surface area (Å²) < 4.78 is 41.7. The van der Waals surface area contributed by atoms with Crippen LogP contribution in [0.2, 0.25) is 0 Å². The Morgan fingerprint density at radius 3 is 1.83 bits per heavy atom. The average Bonchev–Trinajstić information content (AvgIpc) is 2.34. The van der Waals surface area contributed by atoms with Crippen molar-refractivity contribution in [2.75, 3.05) is 0 Å². The fraction of sp³-hybridized carbons (Fsp3) is 0.857. The van der Waals surface area contributed by atoms with Gasteiger partial charge in [-0.1, -0.05) is 26.7 Å². The van der Waals surface area contributed by atoms with Crippen molar-refractivity contribution in [3.05, 3.63) is 0 Å². The van der Waals surface area contributed by atoms with Crippen LogP contribution in [-0.4, -0.2) is 71.9 Å². The molecule has 0 aromatic carbocycles. The van der Waals surface area contributed by atoms with Crippen molar-refractivity contribution in [3.8, 4) is 0 Å². The third-order valence-electron chi connectivity index (χ3n) is 3.01. The van der Waals surface area contributed by atoms with E-state index in [9.17, 15) is 18.0 Å². The smallest absolute Gasteiger partial charge is 0.327 e. The topological polar surface area (TPSA) is 107 Å². The van der Waals surface area contributed by atoms with Gasteiger partial charge >= 0.3 is 11.9 Å². The van der Waals surface area contributed by atoms with E-state index in [0.29, 0.717) is 12.8 Å². The summed E-state index contributed by atoms with van der Waals surface area (Å²) in [5, 5.41) is -1.95. The Balaban J connectivity index is 0. The molecule has 0 heterocycles. The molecule has 23 heavy (non-hydrogen) atoms. The Morgan fingerprint density at radius 2 is 1.43 bits per heavy atom. The van der Waals surface area contributed by atoms with Crippen molar-refractivity contribution in [1.82, 2.24) is 0 Å². The zero-order valence-corrected chi connectivity index (χ0v) is 17.4. The molecule has 0 spiro atoms. The quantitative estimate of drug-likeness (QED) is 0.358. The standard InChI is InChI=1S/C14H26O7S.Na/c1-5-7-10(3)20-13(15)9-12(22(17,18)19)14(16)21-11(4)8-6-2;/h10-12H,5-9H2,1-4H3,(H,17,18,19);. The molecule has 3 unspecified atom stereocenters. The molecule has 1 radical (unpaired) electrons. The fourth-order valence-electron chi connectivity index (χ4n) is 1.94. The van der Waals surface area contributed by atoms with Crippen LogP contribution in [0.4, 0.5) is 0 Å². The summed E-state index contributed by atoms with van der Waals surface area (Å²) in [4.78, 5) is 23.5. The Hall–Kier alpha value is -0.150. The molecule has 0 aliphatic carbocycles. The maximum absolute atomic E-state index is 11.9. The van der Waals surface area contributed by atoms with Crippen LogP contribution in [-0.2, 0) is 29.2 Å². The zero-order valence-electron chi connectivity index (χ0n) is 14.6. The van der Waals surface area contributed by atoms with E-state index in [0.717, 1.165) is 12.8 Å². The maximum Gasteiger partial charge on any atom is 0.327 e. The summed E-state index contributed by atoms with van der Waals surface area (Å²) in [7, 11) is -4.74. The molecule has 0 aromatic rings. The summed E-state index contributed by atoms with van der Waals surface area (Å²) in [6.07, 6.45) is 1.10. The van der Waals surface area contributed by atoms with Crippen LogP contribution in [0.3, 0.4) is 0 Å². The second-order valence-corrected chi connectivity index (χ2v) is 6.93. The number of carbonyl (C=O) groups is 2. The van der Waals surface area contributed by atoms with E-state index in [-0.39, 0.29) is 35.7 Å². The Labute approximate surface area is 160 Å². The second kappa shape index (κ2) is 12.2. The number of ether oxygens (including phenoxy) is 2. The number of carbonyl (C=O) groups excluding carboxylic acids is 2. The first-order valence-electron chi connectivity index (χ1n) is 7.48. The van der Waals surface area contributed by atoms with E-state index in [1.54, 1.807) is 13.8 Å². The van der Waals surface area contributed by atoms with Gasteiger partial charge in [0.2, 0.25) is 0 Å². The molecular formula is C14H26NaO7S. The molecule has 0 fully saturated rings. The predicted octanol–water partition coefficient (Wildman–Crippen LogP) is 1.72. The van der Waals surface area contributed by atoms with E-state index in [2.05, 4.69) is 0 Å². The van der Waals surface area contributed by atoms with E-state index in [4.69, 9.17) is 14.0 Å². The Kier molecular flexibility index (Phi) is 13.4. The monoisotopic (exact) mass is 361 g/mol. The average molecular weight is 361 g/mol. The Bertz CT molecular complexity index is 464. The SMILES string of the molecule is CCCC(C)OC(=O)CC(C(=O)OC(C)CCC)S(=O)(=O)O.[Na]. The van der Waals surface area contributed by atoms with Gasteiger partial charge < -0.3 is 9.47 Å². The second-order valence-electron chi connectivity index (χ2n) is 5.33. The van der Waals surface area contributed by atoms with Crippen molar-refractivity contribution in [1.29, 1.82) is 0 Å². The molecular weight excluding hydrogens is 335 g/mol. The minimum Gasteiger partial charge on any atom is -0.463 e. The van der Waals surface area contributed by atoms with E-state index in [1.807, 2.05) is 13.8 Å². The van der Waals surface area contributed by atoms with Gasteiger partial charge in [0.15, 0.2) is 5.25 Å². The van der Waals surface area contributed by atoms with Gasteiger partial charge in [-0.3, -0.25) is 14.1 Å². The van der Waals surface area contributed by atoms with Crippen LogP contribution < -0.4 is 0 Å². The summed E-state index contributed by atoms with van der Waals surface area (Å²) in [6.45, 7) is 7.09. The molecule has 0 bridgehead atoms. The van der Waals surface area contributed by atoms with Gasteiger partial charge in [0.1, 0.15) is 0 Å². The third-order valence-corrected chi connectivity index (χ3v) is 4.09. The molecule has 0 aliphatic rings. The van der Waals surface area contributed by atoms with Crippen molar-refractivity contribution in [3.63, 3.8) is 0 Å². The third kappa shape index (κ3) is 11.1. The van der Waals surface area contributed by atoms with Crippen LogP contribution in [0.5, 0.6) is 0 Å². The van der Waals surface area contributed by atoms with Crippen LogP contribution in [0.15, 0.2) is 0 Å². The summed E-state index contributed by atoms with van der Waals surface area (Å²) in [6, 6.07) is 0. The predicted molar refractivity (Wildman–Crippen MR) is 86.6 cm³/mol. The molecule has 0 aliphatic heterocycles. The van der Waals surface area contributed by atoms with Gasteiger partial charge in [0, 0.05) is 29.6 Å². The zero-order chi connectivity index (χ0) is 17.3. The van der Waals surface area contributed by atoms with Crippen LogP contribution in [0, 0.1) is 0 Å². The number of hydrogen-bond donors (Lipinski definition) is 1. The first-order chi connectivity index (χ1) is 10.1. The summed E-state index contributed by atoms with van der Waals surface area (Å²) >= 11 is 0. The summed E-state index contributed by atoms with van der Waals surface area (Å²) in [5.74, 6) is -1.99. The van der Waals surface area contributed by atoms with Gasteiger partial charge in [-0.2, -0.15) is 8.42 Å². The molecule has 0 amide bonds. The molecule has 7 nitrogen and oxygen atoms in total. The maximum atomic E-state index is 11.9. The number of hydrogen-bond acceptors (Lipinski definition) is 6. The van der Waals surface area contributed by atoms with Crippen LogP contribution in [0.25, 0.3) is 0 Å². The molecule has 3 atom stereocenters. The molecule has 0 rings (SSSR count). The van der Waals surface area contributed by atoms with E-state index < -0.39 is 39.8 Å². The van der Waals surface area contributed by atoms with Gasteiger partial charge in [0.25, 0.3) is 10.1 Å². The molecule has 0 saturated heterocycles. The first kappa shape index (κ1) is 25.1. The molecule has 0 aromatic heterocycles. The molecule has 0 saturated carbocycles. The summed E-state index contributed by atoms with van der Waals surface area (Å²) in [5.41, 5.74) is 0. The van der Waals surface area contributed by atoms with E-state index in [1.165, 1.54) is 0 Å². The molecule has 9 heteroatoms. The van der Waals surface area contributed by atoms with Crippen molar-refractivity contribution in [2.45, 2.75) is 77.3 Å². The van der Waals surface area contributed by atoms with Gasteiger partial charge in [-0.25, -0.2) is 0 Å². The van der Waals surface area contributed by atoms with Crippen LogP contribution in [0.1, 0.15) is 59.8 Å². The van der Waals surface area contributed by atoms with E-state index >= 15 is 0 Å². The van der Waals surface area contributed by atoms with Crippen molar-refractivity contribution < 1.29 is 32.0 Å². The van der Waals surface area contributed by atoms with Gasteiger partial charge in [-0.05, 0) is 26.7 Å². The number of esters is 2. The van der Waals surface area contributed by atoms with Gasteiger partial charge in [-0.15, -0.1) is 0 Å². The Morgan fingerprint density at radius 1 is 1.00 bits per heavy atom.